The summed E-state index contributed by atoms with van der Waals surface area (Å²) in [6.07, 6.45) is 2.24. The molecule has 0 heterocycles. The van der Waals surface area contributed by atoms with Gasteiger partial charge in [-0.2, -0.15) is 11.8 Å². The Morgan fingerprint density at radius 2 is 2.12 bits per heavy atom. The minimum Gasteiger partial charge on any atom is -0.395 e. The zero-order valence-electron chi connectivity index (χ0n) is 10.7. The van der Waals surface area contributed by atoms with E-state index in [0.717, 1.165) is 0 Å². The minimum absolute atomic E-state index is 0.0367. The highest BCUT2D eigenvalue weighted by atomic mass is 32.2. The van der Waals surface area contributed by atoms with Crippen LogP contribution in [0.25, 0.3) is 0 Å². The molecular weight excluding hydrogens is 226 g/mol. The molecule has 2 atom stereocenters. The van der Waals surface area contributed by atoms with Gasteiger partial charge in [0.2, 0.25) is 5.91 Å². The van der Waals surface area contributed by atoms with E-state index >= 15 is 0 Å². The van der Waals surface area contributed by atoms with Gasteiger partial charge in [0.1, 0.15) is 0 Å². The third-order valence-corrected chi connectivity index (χ3v) is 3.73. The maximum atomic E-state index is 11.7. The van der Waals surface area contributed by atoms with Gasteiger partial charge in [-0.1, -0.05) is 0 Å². The number of carbonyl (C=O) groups excluding carboxylic acids is 1. The maximum Gasteiger partial charge on any atom is 0.223 e. The molecule has 96 valence electrons. The van der Waals surface area contributed by atoms with Crippen LogP contribution in [0, 0.1) is 0 Å². The summed E-state index contributed by atoms with van der Waals surface area (Å²) in [6.45, 7) is 5.70. The number of aliphatic hydroxyl groups excluding tert-OH is 1. The quantitative estimate of drug-likeness (QED) is 0.707. The Hall–Kier alpha value is -0.260. The van der Waals surface area contributed by atoms with Gasteiger partial charge in [0.05, 0.1) is 18.6 Å². The average molecular weight is 249 g/mol. The van der Waals surface area contributed by atoms with Crippen LogP contribution in [0.1, 0.15) is 27.2 Å². The van der Waals surface area contributed by atoms with E-state index < -0.39 is 5.60 Å². The number of carbonyl (C=O) groups is 1. The molecule has 0 aromatic heterocycles. The first kappa shape index (κ1) is 15.7. The van der Waals surface area contributed by atoms with Crippen LogP contribution in [0.3, 0.4) is 0 Å². The summed E-state index contributed by atoms with van der Waals surface area (Å²) in [5.41, 5.74) is -0.447. The Morgan fingerprint density at radius 3 is 2.50 bits per heavy atom. The molecule has 1 amide bonds. The normalized spacial score (nSPS) is 15.6. The molecule has 4 nitrogen and oxygen atoms in total. The van der Waals surface area contributed by atoms with Crippen LogP contribution in [0.15, 0.2) is 0 Å². The molecule has 0 saturated heterocycles. The molecule has 0 rings (SSSR count). The van der Waals surface area contributed by atoms with Gasteiger partial charge in [-0.25, -0.2) is 0 Å². The fourth-order valence-electron chi connectivity index (χ4n) is 1.29. The molecule has 0 spiro atoms. The van der Waals surface area contributed by atoms with Gasteiger partial charge in [0.25, 0.3) is 0 Å². The van der Waals surface area contributed by atoms with Gasteiger partial charge in [-0.15, -0.1) is 0 Å². The molecular formula is C11H23NO3S. The second-order valence-corrected chi connectivity index (χ2v) is 5.53. The van der Waals surface area contributed by atoms with Gasteiger partial charge in [0, 0.05) is 18.4 Å². The molecule has 0 saturated carbocycles. The molecule has 0 fully saturated rings. The number of methoxy groups -OCH3 is 1. The summed E-state index contributed by atoms with van der Waals surface area (Å²) < 4.78 is 5.19. The van der Waals surface area contributed by atoms with Crippen LogP contribution < -0.4 is 5.32 Å². The molecule has 2 N–H and O–H groups in total. The lowest BCUT2D eigenvalue weighted by Crippen LogP contribution is -2.43. The van der Waals surface area contributed by atoms with Crippen molar-refractivity contribution in [3.05, 3.63) is 0 Å². The van der Waals surface area contributed by atoms with E-state index in [4.69, 9.17) is 9.84 Å². The molecule has 16 heavy (non-hydrogen) atoms. The Bertz CT molecular complexity index is 217. The Kier molecular flexibility index (Phi) is 7.03. The molecule has 0 aromatic rings. The lowest BCUT2D eigenvalue weighted by molar-refractivity contribution is -0.126. The van der Waals surface area contributed by atoms with E-state index in [-0.39, 0.29) is 23.8 Å². The van der Waals surface area contributed by atoms with Crippen LogP contribution >= 0.6 is 11.8 Å². The number of amides is 1. The van der Waals surface area contributed by atoms with Crippen molar-refractivity contribution in [2.45, 2.75) is 44.1 Å². The van der Waals surface area contributed by atoms with E-state index in [0.29, 0.717) is 6.42 Å². The van der Waals surface area contributed by atoms with E-state index in [2.05, 4.69) is 5.32 Å². The summed E-state index contributed by atoms with van der Waals surface area (Å²) in [6, 6.07) is -0.0415. The van der Waals surface area contributed by atoms with Crippen molar-refractivity contribution in [3.8, 4) is 0 Å². The van der Waals surface area contributed by atoms with Crippen molar-refractivity contribution >= 4 is 17.7 Å². The highest BCUT2D eigenvalue weighted by Crippen LogP contribution is 2.14. The Labute approximate surface area is 102 Å². The van der Waals surface area contributed by atoms with Gasteiger partial charge in [-0.05, 0) is 27.0 Å². The van der Waals surface area contributed by atoms with Crippen molar-refractivity contribution in [1.29, 1.82) is 0 Å². The van der Waals surface area contributed by atoms with E-state index in [1.54, 1.807) is 18.9 Å². The van der Waals surface area contributed by atoms with Crippen LogP contribution in [0.5, 0.6) is 0 Å². The predicted octanol–water partition coefficient (Wildman–Crippen LogP) is 1.03. The zero-order chi connectivity index (χ0) is 12.8. The van der Waals surface area contributed by atoms with Crippen LogP contribution in [0.4, 0.5) is 0 Å². The molecule has 0 aliphatic carbocycles. The SMILES string of the molecule is COC(C)(C)CC(=O)NC(C)C(CO)SC. The Balaban J connectivity index is 4.14. The summed E-state index contributed by atoms with van der Waals surface area (Å²) in [5, 5.41) is 12.0. The lowest BCUT2D eigenvalue weighted by atomic mass is 10.0. The maximum absolute atomic E-state index is 11.7. The molecule has 0 aliphatic heterocycles. The number of nitrogens with one attached hydrogen (secondary N) is 1. The molecule has 5 heteroatoms. The zero-order valence-corrected chi connectivity index (χ0v) is 11.6. The van der Waals surface area contributed by atoms with Crippen molar-refractivity contribution in [1.82, 2.24) is 5.32 Å². The first-order valence-electron chi connectivity index (χ1n) is 5.34. The molecule has 0 aromatic carbocycles. The first-order valence-corrected chi connectivity index (χ1v) is 6.63. The van der Waals surface area contributed by atoms with Gasteiger partial charge in [0.15, 0.2) is 0 Å². The average Bonchev–Trinajstić information content (AvgIpc) is 2.18. The third kappa shape index (κ3) is 5.72. The fraction of sp³-hybridized carbons (Fsp3) is 0.909. The molecule has 0 radical (unpaired) electrons. The highest BCUT2D eigenvalue weighted by molar-refractivity contribution is 7.99. The van der Waals surface area contributed by atoms with Gasteiger partial charge < -0.3 is 15.2 Å². The lowest BCUT2D eigenvalue weighted by Gasteiger charge is -2.25. The summed E-state index contributed by atoms with van der Waals surface area (Å²) >= 11 is 1.55. The fourth-order valence-corrected chi connectivity index (χ4v) is 1.92. The number of thioether (sulfide) groups is 1. The minimum atomic E-state index is -0.447. The number of rotatable bonds is 7. The highest BCUT2D eigenvalue weighted by Gasteiger charge is 2.23. The summed E-state index contributed by atoms with van der Waals surface area (Å²) in [7, 11) is 1.59. The topological polar surface area (TPSA) is 58.6 Å². The van der Waals surface area contributed by atoms with E-state index in [1.165, 1.54) is 0 Å². The van der Waals surface area contributed by atoms with E-state index in [1.807, 2.05) is 27.0 Å². The second kappa shape index (κ2) is 7.14. The van der Waals surface area contributed by atoms with Gasteiger partial charge in [-0.3, -0.25) is 4.79 Å². The van der Waals surface area contributed by atoms with Crippen LogP contribution in [0.2, 0.25) is 0 Å². The third-order valence-electron chi connectivity index (χ3n) is 2.57. The van der Waals surface area contributed by atoms with Gasteiger partial charge >= 0.3 is 0 Å². The summed E-state index contributed by atoms with van der Waals surface area (Å²) in [5.74, 6) is -0.0492. The largest absolute Gasteiger partial charge is 0.395 e. The van der Waals surface area contributed by atoms with Crippen molar-refractivity contribution in [2.75, 3.05) is 20.0 Å². The van der Waals surface area contributed by atoms with E-state index in [9.17, 15) is 4.79 Å². The van der Waals surface area contributed by atoms with Crippen LogP contribution in [-0.4, -0.2) is 47.9 Å². The predicted molar refractivity (Wildman–Crippen MR) is 67.7 cm³/mol. The first-order chi connectivity index (χ1) is 7.36. The number of hydrogen-bond acceptors (Lipinski definition) is 4. The molecule has 0 bridgehead atoms. The van der Waals surface area contributed by atoms with Crippen molar-refractivity contribution < 1.29 is 14.6 Å². The number of ether oxygens (including phenoxy) is 1. The summed E-state index contributed by atoms with van der Waals surface area (Å²) in [4.78, 5) is 11.7. The van der Waals surface area contributed by atoms with Crippen molar-refractivity contribution in [2.24, 2.45) is 0 Å². The smallest absolute Gasteiger partial charge is 0.223 e. The monoisotopic (exact) mass is 249 g/mol. The molecule has 0 aliphatic rings. The Morgan fingerprint density at radius 1 is 1.56 bits per heavy atom. The molecule has 2 unspecified atom stereocenters. The number of aliphatic hydroxyl groups is 1. The van der Waals surface area contributed by atoms with Crippen LogP contribution in [-0.2, 0) is 9.53 Å². The second-order valence-electron chi connectivity index (χ2n) is 4.45. The number of hydrogen-bond donors (Lipinski definition) is 2. The van der Waals surface area contributed by atoms with Crippen molar-refractivity contribution in [3.63, 3.8) is 0 Å². The standard InChI is InChI=1S/C11H23NO3S/c1-8(9(7-13)16-5)12-10(14)6-11(2,3)15-4/h8-9,13H,6-7H2,1-5H3,(H,12,14).